The second-order valence-electron chi connectivity index (χ2n) is 6.01. The molecule has 0 aromatic carbocycles. The van der Waals surface area contributed by atoms with Crippen LogP contribution in [-0.2, 0) is 4.79 Å². The Labute approximate surface area is 124 Å². The Morgan fingerprint density at radius 1 is 1.29 bits per heavy atom. The van der Waals surface area contributed by atoms with Gasteiger partial charge in [0.2, 0.25) is 0 Å². The second-order valence-corrected chi connectivity index (χ2v) is 6.01. The first-order chi connectivity index (χ1) is 9.84. The van der Waals surface area contributed by atoms with Gasteiger partial charge in [-0.15, -0.1) is 0 Å². The van der Waals surface area contributed by atoms with Crippen LogP contribution < -0.4 is 5.32 Å². The lowest BCUT2D eigenvalue weighted by Crippen LogP contribution is -2.56. The van der Waals surface area contributed by atoms with Gasteiger partial charge in [0.1, 0.15) is 5.54 Å². The molecule has 1 aromatic heterocycles. The van der Waals surface area contributed by atoms with Gasteiger partial charge < -0.3 is 10.4 Å². The zero-order chi connectivity index (χ0) is 15.6. The summed E-state index contributed by atoms with van der Waals surface area (Å²) in [6, 6.07) is 1.64. The highest BCUT2D eigenvalue weighted by Gasteiger charge is 2.42. The first-order valence-corrected chi connectivity index (χ1v) is 7.21. The number of aryl methyl sites for hydroxylation is 2. The summed E-state index contributed by atoms with van der Waals surface area (Å²) in [5.74, 6) is -0.845. The van der Waals surface area contributed by atoms with Gasteiger partial charge >= 0.3 is 5.97 Å². The predicted octanol–water partition coefficient (Wildman–Crippen LogP) is 1.86. The van der Waals surface area contributed by atoms with Crippen LogP contribution in [0.15, 0.2) is 6.07 Å². The van der Waals surface area contributed by atoms with Crippen molar-refractivity contribution in [3.8, 4) is 0 Å². The third kappa shape index (κ3) is 3.20. The Bertz CT molecular complexity index is 563. The van der Waals surface area contributed by atoms with Crippen molar-refractivity contribution in [3.05, 3.63) is 23.0 Å². The van der Waals surface area contributed by atoms with E-state index in [1.165, 1.54) is 0 Å². The van der Waals surface area contributed by atoms with E-state index in [0.29, 0.717) is 35.7 Å². The number of aromatic nitrogens is 2. The number of carboxylic acids is 1. The lowest BCUT2D eigenvalue weighted by Gasteiger charge is -2.36. The Morgan fingerprint density at radius 2 is 1.90 bits per heavy atom. The standard InChI is InChI=1S/C15H21N3O3/c1-9-4-6-15(7-5-9,14(20)21)16-13(19)12-8-10(2)17-18-11(12)3/h8-9H,4-7H2,1-3H3,(H,16,19)(H,20,21). The topological polar surface area (TPSA) is 92.2 Å². The van der Waals surface area contributed by atoms with E-state index in [1.54, 1.807) is 19.9 Å². The van der Waals surface area contributed by atoms with Crippen molar-refractivity contribution in [2.75, 3.05) is 0 Å². The molecule has 0 aliphatic heterocycles. The van der Waals surface area contributed by atoms with Crippen molar-refractivity contribution in [3.63, 3.8) is 0 Å². The first kappa shape index (κ1) is 15.4. The first-order valence-electron chi connectivity index (χ1n) is 7.21. The highest BCUT2D eigenvalue weighted by molar-refractivity contribution is 5.98. The van der Waals surface area contributed by atoms with Crippen LogP contribution in [0.1, 0.15) is 54.4 Å². The summed E-state index contributed by atoms with van der Waals surface area (Å²) in [4.78, 5) is 24.1. The molecular weight excluding hydrogens is 270 g/mol. The Morgan fingerprint density at radius 3 is 2.48 bits per heavy atom. The molecule has 1 aliphatic carbocycles. The van der Waals surface area contributed by atoms with Crippen LogP contribution in [0, 0.1) is 19.8 Å². The van der Waals surface area contributed by atoms with Crippen LogP contribution in [0.2, 0.25) is 0 Å². The molecule has 0 bridgehead atoms. The summed E-state index contributed by atoms with van der Waals surface area (Å²) in [5.41, 5.74) is 0.365. The summed E-state index contributed by atoms with van der Waals surface area (Å²) in [6.07, 6.45) is 2.54. The maximum absolute atomic E-state index is 12.4. The van der Waals surface area contributed by atoms with Gasteiger partial charge in [-0.2, -0.15) is 10.2 Å². The third-order valence-corrected chi connectivity index (χ3v) is 4.24. The molecule has 2 rings (SSSR count). The average Bonchev–Trinajstić information content (AvgIpc) is 2.44. The van der Waals surface area contributed by atoms with Gasteiger partial charge in [-0.25, -0.2) is 4.79 Å². The number of hydrogen-bond acceptors (Lipinski definition) is 4. The summed E-state index contributed by atoms with van der Waals surface area (Å²) in [7, 11) is 0. The maximum atomic E-state index is 12.4. The van der Waals surface area contributed by atoms with Crippen LogP contribution in [-0.4, -0.2) is 32.7 Å². The summed E-state index contributed by atoms with van der Waals surface area (Å²) < 4.78 is 0. The molecule has 0 spiro atoms. The van der Waals surface area contributed by atoms with Crippen molar-refractivity contribution in [2.45, 2.75) is 52.0 Å². The molecular formula is C15H21N3O3. The van der Waals surface area contributed by atoms with Gasteiger partial charge in [-0.05, 0) is 51.5 Å². The van der Waals surface area contributed by atoms with Crippen molar-refractivity contribution in [1.29, 1.82) is 0 Å². The van der Waals surface area contributed by atoms with Crippen LogP contribution in [0.4, 0.5) is 0 Å². The van der Waals surface area contributed by atoms with Crippen molar-refractivity contribution >= 4 is 11.9 Å². The molecule has 1 aliphatic rings. The van der Waals surface area contributed by atoms with E-state index >= 15 is 0 Å². The average molecular weight is 291 g/mol. The minimum atomic E-state index is -1.16. The molecule has 0 radical (unpaired) electrons. The number of aliphatic carboxylic acids is 1. The molecule has 114 valence electrons. The second kappa shape index (κ2) is 5.79. The lowest BCUT2D eigenvalue weighted by molar-refractivity contribution is -0.146. The molecule has 2 N–H and O–H groups in total. The van der Waals surface area contributed by atoms with E-state index < -0.39 is 11.5 Å². The SMILES string of the molecule is Cc1cc(C(=O)NC2(C(=O)O)CCC(C)CC2)c(C)nn1. The Balaban J connectivity index is 2.23. The lowest BCUT2D eigenvalue weighted by atomic mass is 9.77. The normalized spacial score (nSPS) is 25.4. The third-order valence-electron chi connectivity index (χ3n) is 4.24. The highest BCUT2D eigenvalue weighted by atomic mass is 16.4. The molecule has 1 amide bonds. The number of hydrogen-bond donors (Lipinski definition) is 2. The summed E-state index contributed by atoms with van der Waals surface area (Å²) in [6.45, 7) is 5.55. The predicted molar refractivity (Wildman–Crippen MR) is 77.0 cm³/mol. The largest absolute Gasteiger partial charge is 0.480 e. The number of rotatable bonds is 3. The monoisotopic (exact) mass is 291 g/mol. The van der Waals surface area contributed by atoms with Crippen molar-refractivity contribution in [1.82, 2.24) is 15.5 Å². The van der Waals surface area contributed by atoms with Crippen LogP contribution >= 0.6 is 0 Å². The maximum Gasteiger partial charge on any atom is 0.329 e. The molecule has 21 heavy (non-hydrogen) atoms. The molecule has 1 fully saturated rings. The van der Waals surface area contributed by atoms with Crippen molar-refractivity contribution in [2.24, 2.45) is 5.92 Å². The van der Waals surface area contributed by atoms with E-state index in [9.17, 15) is 14.7 Å². The number of carbonyl (C=O) groups excluding carboxylic acids is 1. The molecule has 1 saturated carbocycles. The molecule has 1 aromatic rings. The summed E-state index contributed by atoms with van der Waals surface area (Å²) in [5, 5.41) is 20.1. The minimum Gasteiger partial charge on any atom is -0.480 e. The fraction of sp³-hybridized carbons (Fsp3) is 0.600. The fourth-order valence-corrected chi connectivity index (χ4v) is 2.71. The van der Waals surface area contributed by atoms with E-state index in [1.807, 2.05) is 0 Å². The van der Waals surface area contributed by atoms with E-state index in [2.05, 4.69) is 22.4 Å². The van der Waals surface area contributed by atoms with E-state index in [4.69, 9.17) is 0 Å². The van der Waals surface area contributed by atoms with E-state index in [0.717, 1.165) is 12.8 Å². The molecule has 0 atom stereocenters. The Hall–Kier alpha value is -1.98. The van der Waals surface area contributed by atoms with Gasteiger partial charge in [-0.1, -0.05) is 6.92 Å². The van der Waals surface area contributed by atoms with Crippen molar-refractivity contribution < 1.29 is 14.7 Å². The fourth-order valence-electron chi connectivity index (χ4n) is 2.71. The van der Waals surface area contributed by atoms with Gasteiger partial charge in [0.25, 0.3) is 5.91 Å². The quantitative estimate of drug-likeness (QED) is 0.886. The van der Waals surface area contributed by atoms with Gasteiger partial charge in [0.15, 0.2) is 0 Å². The number of nitrogens with one attached hydrogen (secondary N) is 1. The molecule has 0 saturated heterocycles. The zero-order valence-electron chi connectivity index (χ0n) is 12.6. The number of carboxylic acid groups (broad SMARTS) is 1. The molecule has 6 nitrogen and oxygen atoms in total. The highest BCUT2D eigenvalue weighted by Crippen LogP contribution is 2.32. The molecule has 1 heterocycles. The molecule has 0 unspecified atom stereocenters. The Kier molecular flexibility index (Phi) is 4.25. The smallest absolute Gasteiger partial charge is 0.329 e. The van der Waals surface area contributed by atoms with Gasteiger partial charge in [0.05, 0.1) is 17.0 Å². The minimum absolute atomic E-state index is 0.387. The van der Waals surface area contributed by atoms with Crippen LogP contribution in [0.5, 0.6) is 0 Å². The number of nitrogens with zero attached hydrogens (tertiary/aromatic N) is 2. The molecule has 6 heteroatoms. The van der Waals surface area contributed by atoms with E-state index in [-0.39, 0.29) is 5.91 Å². The van der Waals surface area contributed by atoms with Gasteiger partial charge in [-0.3, -0.25) is 4.79 Å². The van der Waals surface area contributed by atoms with Crippen LogP contribution in [0.3, 0.4) is 0 Å². The van der Waals surface area contributed by atoms with Crippen LogP contribution in [0.25, 0.3) is 0 Å². The number of carbonyl (C=O) groups is 2. The summed E-state index contributed by atoms with van der Waals surface area (Å²) >= 11 is 0. The van der Waals surface area contributed by atoms with Gasteiger partial charge in [0, 0.05) is 0 Å². The zero-order valence-corrected chi connectivity index (χ0v) is 12.6. The number of amides is 1.